The van der Waals surface area contributed by atoms with Gasteiger partial charge in [0.1, 0.15) is 11.5 Å². The molecule has 0 aromatic carbocycles. The van der Waals surface area contributed by atoms with Crippen molar-refractivity contribution in [2.75, 3.05) is 11.9 Å². The molecule has 0 saturated heterocycles. The van der Waals surface area contributed by atoms with Crippen molar-refractivity contribution < 1.29 is 4.79 Å². The number of rotatable bonds is 4. The molecular formula is C10H12ClN3O. The van der Waals surface area contributed by atoms with Gasteiger partial charge in [-0.2, -0.15) is 0 Å². The Morgan fingerprint density at radius 3 is 2.93 bits per heavy atom. The van der Waals surface area contributed by atoms with Crippen molar-refractivity contribution in [3.8, 4) is 0 Å². The van der Waals surface area contributed by atoms with Crippen molar-refractivity contribution in [3.05, 3.63) is 17.0 Å². The summed E-state index contributed by atoms with van der Waals surface area (Å²) in [5.41, 5.74) is 0.186. The van der Waals surface area contributed by atoms with Gasteiger partial charge < -0.3 is 5.32 Å². The molecule has 1 heterocycles. The van der Waals surface area contributed by atoms with Crippen LogP contribution in [0.5, 0.6) is 0 Å². The minimum atomic E-state index is 0.156. The van der Waals surface area contributed by atoms with Gasteiger partial charge in [0.25, 0.3) is 0 Å². The van der Waals surface area contributed by atoms with Gasteiger partial charge in [-0.1, -0.05) is 18.0 Å². The molecular weight excluding hydrogens is 214 g/mol. The van der Waals surface area contributed by atoms with Gasteiger partial charge in [-0.25, -0.2) is 9.97 Å². The van der Waals surface area contributed by atoms with Gasteiger partial charge in [0.05, 0.1) is 6.20 Å². The molecule has 1 aromatic heterocycles. The standard InChI is InChI=1S/C10H12ClN3O/c11-10-8(6-15)12-5-9(14-10)13-4-7-2-1-3-7/h5-7H,1-4H2,(H,13,14). The zero-order chi connectivity index (χ0) is 10.7. The van der Waals surface area contributed by atoms with E-state index in [2.05, 4.69) is 15.3 Å². The van der Waals surface area contributed by atoms with Crippen molar-refractivity contribution in [2.24, 2.45) is 5.92 Å². The highest BCUT2D eigenvalue weighted by molar-refractivity contribution is 6.31. The number of hydrogen-bond donors (Lipinski definition) is 1. The van der Waals surface area contributed by atoms with Crippen LogP contribution in [0.25, 0.3) is 0 Å². The average Bonchev–Trinajstić information content (AvgIpc) is 2.16. The summed E-state index contributed by atoms with van der Waals surface area (Å²) in [6.07, 6.45) is 6.02. The fourth-order valence-corrected chi connectivity index (χ4v) is 1.67. The van der Waals surface area contributed by atoms with Crippen molar-refractivity contribution in [1.29, 1.82) is 0 Å². The first-order valence-corrected chi connectivity index (χ1v) is 5.39. The second-order valence-electron chi connectivity index (χ2n) is 3.73. The molecule has 1 aliphatic rings. The Kier molecular flexibility index (Phi) is 3.16. The van der Waals surface area contributed by atoms with Gasteiger partial charge in [0.15, 0.2) is 11.4 Å². The van der Waals surface area contributed by atoms with Crippen LogP contribution < -0.4 is 5.32 Å². The molecule has 0 amide bonds. The van der Waals surface area contributed by atoms with E-state index in [0.29, 0.717) is 12.1 Å². The highest BCUT2D eigenvalue weighted by atomic mass is 35.5. The predicted molar refractivity (Wildman–Crippen MR) is 58.3 cm³/mol. The van der Waals surface area contributed by atoms with E-state index in [1.165, 1.54) is 25.5 Å². The van der Waals surface area contributed by atoms with Gasteiger partial charge in [-0.15, -0.1) is 0 Å². The summed E-state index contributed by atoms with van der Waals surface area (Å²) in [6.45, 7) is 0.908. The van der Waals surface area contributed by atoms with Crippen LogP contribution in [0.3, 0.4) is 0 Å². The second kappa shape index (κ2) is 4.57. The van der Waals surface area contributed by atoms with E-state index in [9.17, 15) is 4.79 Å². The number of halogens is 1. The lowest BCUT2D eigenvalue weighted by Crippen LogP contribution is -2.21. The third kappa shape index (κ3) is 2.45. The van der Waals surface area contributed by atoms with Crippen molar-refractivity contribution in [3.63, 3.8) is 0 Å². The maximum atomic E-state index is 10.5. The maximum absolute atomic E-state index is 10.5. The molecule has 1 fully saturated rings. The lowest BCUT2D eigenvalue weighted by molar-refractivity contribution is 0.111. The number of hydrogen-bond acceptors (Lipinski definition) is 4. The van der Waals surface area contributed by atoms with Crippen molar-refractivity contribution in [2.45, 2.75) is 19.3 Å². The number of nitrogens with one attached hydrogen (secondary N) is 1. The first-order valence-electron chi connectivity index (χ1n) is 5.01. The third-order valence-corrected chi connectivity index (χ3v) is 2.94. The van der Waals surface area contributed by atoms with E-state index >= 15 is 0 Å². The zero-order valence-corrected chi connectivity index (χ0v) is 9.00. The van der Waals surface area contributed by atoms with Crippen molar-refractivity contribution >= 4 is 23.7 Å². The smallest absolute Gasteiger partial charge is 0.171 e. The highest BCUT2D eigenvalue weighted by Gasteiger charge is 2.17. The molecule has 1 saturated carbocycles. The molecule has 1 aliphatic carbocycles. The zero-order valence-electron chi connectivity index (χ0n) is 8.24. The van der Waals surface area contributed by atoms with Gasteiger partial charge in [0, 0.05) is 6.54 Å². The molecule has 0 bridgehead atoms. The Bertz CT molecular complexity index is 366. The fraction of sp³-hybridized carbons (Fsp3) is 0.500. The SMILES string of the molecule is O=Cc1ncc(NCC2CCC2)nc1Cl. The van der Waals surface area contributed by atoms with Gasteiger partial charge in [-0.3, -0.25) is 4.79 Å². The summed E-state index contributed by atoms with van der Waals surface area (Å²) < 4.78 is 0. The Labute approximate surface area is 93.1 Å². The fourth-order valence-electron chi connectivity index (χ4n) is 1.49. The van der Waals surface area contributed by atoms with E-state index < -0.39 is 0 Å². The summed E-state index contributed by atoms with van der Waals surface area (Å²) in [6, 6.07) is 0. The molecule has 2 rings (SSSR count). The van der Waals surface area contributed by atoms with Crippen LogP contribution >= 0.6 is 11.6 Å². The van der Waals surface area contributed by atoms with Crippen LogP contribution in [-0.4, -0.2) is 22.8 Å². The van der Waals surface area contributed by atoms with Gasteiger partial charge >= 0.3 is 0 Å². The summed E-state index contributed by atoms with van der Waals surface area (Å²) in [5.74, 6) is 1.38. The van der Waals surface area contributed by atoms with E-state index in [0.717, 1.165) is 12.5 Å². The third-order valence-electron chi connectivity index (χ3n) is 2.66. The molecule has 15 heavy (non-hydrogen) atoms. The molecule has 0 aliphatic heterocycles. The first-order chi connectivity index (χ1) is 7.29. The molecule has 1 N–H and O–H groups in total. The summed E-state index contributed by atoms with van der Waals surface area (Å²) >= 11 is 5.75. The molecule has 80 valence electrons. The van der Waals surface area contributed by atoms with Crippen LogP contribution in [0, 0.1) is 5.92 Å². The van der Waals surface area contributed by atoms with Crippen LogP contribution in [0.15, 0.2) is 6.20 Å². The first kappa shape index (κ1) is 10.4. The largest absolute Gasteiger partial charge is 0.368 e. The normalized spacial score (nSPS) is 15.8. The molecule has 0 atom stereocenters. The number of carbonyl (C=O) groups excluding carboxylic acids is 1. The Balaban J connectivity index is 1.96. The molecule has 5 heteroatoms. The number of aldehydes is 1. The summed E-state index contributed by atoms with van der Waals surface area (Å²) in [7, 11) is 0. The predicted octanol–water partition coefficient (Wildman–Crippen LogP) is 2.15. The molecule has 0 unspecified atom stereocenters. The van der Waals surface area contributed by atoms with Crippen LogP contribution in [-0.2, 0) is 0 Å². The summed E-state index contributed by atoms with van der Waals surface area (Å²) in [4.78, 5) is 18.4. The lowest BCUT2D eigenvalue weighted by Gasteiger charge is -2.25. The number of nitrogens with zero attached hydrogens (tertiary/aromatic N) is 2. The van der Waals surface area contributed by atoms with Crippen LogP contribution in [0.1, 0.15) is 29.8 Å². The average molecular weight is 226 g/mol. The van der Waals surface area contributed by atoms with Crippen LogP contribution in [0.4, 0.5) is 5.82 Å². The molecule has 0 spiro atoms. The van der Waals surface area contributed by atoms with Gasteiger partial charge in [-0.05, 0) is 18.8 Å². The van der Waals surface area contributed by atoms with E-state index in [4.69, 9.17) is 11.6 Å². The highest BCUT2D eigenvalue weighted by Crippen LogP contribution is 2.26. The minimum Gasteiger partial charge on any atom is -0.368 e. The number of aromatic nitrogens is 2. The maximum Gasteiger partial charge on any atom is 0.171 e. The quantitative estimate of drug-likeness (QED) is 0.798. The number of carbonyl (C=O) groups is 1. The topological polar surface area (TPSA) is 54.9 Å². The second-order valence-corrected chi connectivity index (χ2v) is 4.08. The molecule has 1 aromatic rings. The molecule has 4 nitrogen and oxygen atoms in total. The number of anilines is 1. The van der Waals surface area contributed by atoms with E-state index in [1.54, 1.807) is 0 Å². The Morgan fingerprint density at radius 1 is 1.60 bits per heavy atom. The van der Waals surface area contributed by atoms with Crippen LogP contribution in [0.2, 0.25) is 5.15 Å². The van der Waals surface area contributed by atoms with Gasteiger partial charge in [0.2, 0.25) is 0 Å². The molecule has 0 radical (unpaired) electrons. The van der Waals surface area contributed by atoms with Crippen molar-refractivity contribution in [1.82, 2.24) is 9.97 Å². The monoisotopic (exact) mass is 225 g/mol. The van der Waals surface area contributed by atoms with E-state index in [1.807, 2.05) is 0 Å². The lowest BCUT2D eigenvalue weighted by atomic mass is 9.85. The Hall–Kier alpha value is -1.16. The van der Waals surface area contributed by atoms with E-state index in [-0.39, 0.29) is 10.8 Å². The summed E-state index contributed by atoms with van der Waals surface area (Å²) in [5, 5.41) is 3.32. The Morgan fingerprint density at radius 2 is 2.40 bits per heavy atom. The minimum absolute atomic E-state index is 0.156.